The van der Waals surface area contributed by atoms with Crippen molar-refractivity contribution in [2.45, 2.75) is 39.3 Å². The van der Waals surface area contributed by atoms with Crippen molar-refractivity contribution in [3.8, 4) is 5.75 Å². The molecule has 2 rings (SSSR count). The number of ether oxygens (including phenoxy) is 1. The average Bonchev–Trinajstić information content (AvgIpc) is 2.34. The molecule has 0 bridgehead atoms. The Morgan fingerprint density at radius 1 is 1.47 bits per heavy atom. The SMILES string of the molecule is CC(C)NCC(=O)c1ccc2c(c1)NCC(C)(C)O2. The van der Waals surface area contributed by atoms with Crippen molar-refractivity contribution in [3.63, 3.8) is 0 Å². The van der Waals surface area contributed by atoms with E-state index in [-0.39, 0.29) is 11.4 Å². The minimum absolute atomic E-state index is 0.100. The first-order valence-corrected chi connectivity index (χ1v) is 6.71. The fraction of sp³-hybridized carbons (Fsp3) is 0.533. The Morgan fingerprint density at radius 2 is 2.21 bits per heavy atom. The van der Waals surface area contributed by atoms with E-state index >= 15 is 0 Å². The highest BCUT2D eigenvalue weighted by molar-refractivity contribution is 5.98. The van der Waals surface area contributed by atoms with Gasteiger partial charge in [0, 0.05) is 11.6 Å². The number of benzene rings is 1. The van der Waals surface area contributed by atoms with Crippen LogP contribution in [0.1, 0.15) is 38.1 Å². The molecule has 104 valence electrons. The summed E-state index contributed by atoms with van der Waals surface area (Å²) in [6.45, 7) is 9.23. The second kappa shape index (κ2) is 5.21. The number of carbonyl (C=O) groups excluding carboxylic acids is 1. The number of anilines is 1. The molecular formula is C15H22N2O2. The third-order valence-electron chi connectivity index (χ3n) is 3.06. The van der Waals surface area contributed by atoms with E-state index in [1.165, 1.54) is 0 Å². The van der Waals surface area contributed by atoms with Crippen LogP contribution in [0, 0.1) is 0 Å². The summed E-state index contributed by atoms with van der Waals surface area (Å²) in [7, 11) is 0. The lowest BCUT2D eigenvalue weighted by Crippen LogP contribution is -2.40. The van der Waals surface area contributed by atoms with Crippen molar-refractivity contribution < 1.29 is 9.53 Å². The molecule has 19 heavy (non-hydrogen) atoms. The number of hydrogen-bond donors (Lipinski definition) is 2. The van der Waals surface area contributed by atoms with Gasteiger partial charge in [-0.25, -0.2) is 0 Å². The maximum atomic E-state index is 12.0. The zero-order valence-corrected chi connectivity index (χ0v) is 12.0. The molecule has 4 heteroatoms. The molecule has 1 aromatic carbocycles. The standard InChI is InChI=1S/C15H22N2O2/c1-10(2)16-8-13(18)11-5-6-14-12(7-11)17-9-15(3,4)19-14/h5-7,10,16-17H,8-9H2,1-4H3. The molecule has 0 fully saturated rings. The molecule has 0 unspecified atom stereocenters. The van der Waals surface area contributed by atoms with E-state index in [0.717, 1.165) is 18.0 Å². The fourth-order valence-electron chi connectivity index (χ4n) is 1.97. The molecule has 4 nitrogen and oxygen atoms in total. The van der Waals surface area contributed by atoms with E-state index in [4.69, 9.17) is 4.74 Å². The van der Waals surface area contributed by atoms with Crippen LogP contribution in [0.3, 0.4) is 0 Å². The van der Waals surface area contributed by atoms with Crippen molar-refractivity contribution >= 4 is 11.5 Å². The van der Waals surface area contributed by atoms with Crippen molar-refractivity contribution in [1.29, 1.82) is 0 Å². The Balaban J connectivity index is 2.12. The first-order chi connectivity index (χ1) is 8.87. The van der Waals surface area contributed by atoms with E-state index in [2.05, 4.69) is 10.6 Å². The van der Waals surface area contributed by atoms with Gasteiger partial charge in [-0.3, -0.25) is 4.79 Å². The first kappa shape index (κ1) is 13.9. The van der Waals surface area contributed by atoms with Gasteiger partial charge in [0.05, 0.1) is 18.8 Å². The Hall–Kier alpha value is -1.55. The minimum atomic E-state index is -0.211. The van der Waals surface area contributed by atoms with E-state index in [0.29, 0.717) is 18.2 Å². The molecule has 2 N–H and O–H groups in total. The smallest absolute Gasteiger partial charge is 0.176 e. The van der Waals surface area contributed by atoms with Crippen LogP contribution in [0.15, 0.2) is 18.2 Å². The molecule has 0 amide bonds. The highest BCUT2D eigenvalue weighted by Crippen LogP contribution is 2.33. The van der Waals surface area contributed by atoms with Crippen LogP contribution in [0.25, 0.3) is 0 Å². The van der Waals surface area contributed by atoms with Gasteiger partial charge in [-0.15, -0.1) is 0 Å². The normalized spacial score (nSPS) is 16.5. The molecule has 1 aliphatic heterocycles. The van der Waals surface area contributed by atoms with E-state index in [1.54, 1.807) is 0 Å². The van der Waals surface area contributed by atoms with Crippen LogP contribution in [0.4, 0.5) is 5.69 Å². The number of hydrogen-bond acceptors (Lipinski definition) is 4. The molecule has 0 atom stereocenters. The molecule has 0 spiro atoms. The third-order valence-corrected chi connectivity index (χ3v) is 3.06. The number of carbonyl (C=O) groups is 1. The van der Waals surface area contributed by atoms with Crippen LogP contribution in [-0.4, -0.2) is 30.5 Å². The highest BCUT2D eigenvalue weighted by Gasteiger charge is 2.26. The summed E-state index contributed by atoms with van der Waals surface area (Å²) in [5.74, 6) is 0.910. The number of rotatable bonds is 4. The van der Waals surface area contributed by atoms with Gasteiger partial charge in [-0.1, -0.05) is 13.8 Å². The monoisotopic (exact) mass is 262 g/mol. The summed E-state index contributed by atoms with van der Waals surface area (Å²) in [6.07, 6.45) is 0. The van der Waals surface area contributed by atoms with Gasteiger partial charge in [0.25, 0.3) is 0 Å². The van der Waals surface area contributed by atoms with E-state index in [9.17, 15) is 4.79 Å². The second-order valence-electron chi connectivity index (χ2n) is 5.89. The minimum Gasteiger partial charge on any atom is -0.484 e. The lowest BCUT2D eigenvalue weighted by atomic mass is 10.0. The summed E-state index contributed by atoms with van der Waals surface area (Å²) in [4.78, 5) is 12.0. The van der Waals surface area contributed by atoms with Gasteiger partial charge in [0.1, 0.15) is 11.4 Å². The summed E-state index contributed by atoms with van der Waals surface area (Å²) in [5, 5.41) is 6.45. The van der Waals surface area contributed by atoms with Crippen molar-refractivity contribution in [1.82, 2.24) is 5.32 Å². The van der Waals surface area contributed by atoms with E-state index in [1.807, 2.05) is 45.9 Å². The molecule has 0 saturated carbocycles. The van der Waals surface area contributed by atoms with Gasteiger partial charge >= 0.3 is 0 Å². The molecule has 0 saturated heterocycles. The number of Topliss-reactive ketones (excluding diaryl/α,β-unsaturated/α-hetero) is 1. The Bertz CT molecular complexity index is 481. The molecule has 0 radical (unpaired) electrons. The molecule has 1 heterocycles. The Kier molecular flexibility index (Phi) is 3.80. The highest BCUT2D eigenvalue weighted by atomic mass is 16.5. The van der Waals surface area contributed by atoms with Crippen LogP contribution in [-0.2, 0) is 0 Å². The molecule has 0 aromatic heterocycles. The van der Waals surface area contributed by atoms with Crippen molar-refractivity contribution in [2.75, 3.05) is 18.4 Å². The Morgan fingerprint density at radius 3 is 2.89 bits per heavy atom. The average molecular weight is 262 g/mol. The maximum absolute atomic E-state index is 12.0. The number of ketones is 1. The summed E-state index contributed by atoms with van der Waals surface area (Å²) < 4.78 is 5.86. The number of fused-ring (bicyclic) bond motifs is 1. The van der Waals surface area contributed by atoms with Crippen molar-refractivity contribution in [3.05, 3.63) is 23.8 Å². The molecule has 1 aliphatic rings. The number of nitrogens with one attached hydrogen (secondary N) is 2. The van der Waals surface area contributed by atoms with Gasteiger partial charge in [0.2, 0.25) is 0 Å². The largest absolute Gasteiger partial charge is 0.484 e. The van der Waals surface area contributed by atoms with Crippen LogP contribution < -0.4 is 15.4 Å². The predicted octanol–water partition coefficient (Wildman–Crippen LogP) is 2.45. The van der Waals surface area contributed by atoms with Gasteiger partial charge in [0.15, 0.2) is 5.78 Å². The zero-order valence-electron chi connectivity index (χ0n) is 12.0. The second-order valence-corrected chi connectivity index (χ2v) is 5.89. The molecule has 0 aliphatic carbocycles. The Labute approximate surface area is 114 Å². The topological polar surface area (TPSA) is 50.4 Å². The predicted molar refractivity (Wildman–Crippen MR) is 77.1 cm³/mol. The fourth-order valence-corrected chi connectivity index (χ4v) is 1.97. The van der Waals surface area contributed by atoms with Crippen molar-refractivity contribution in [2.24, 2.45) is 0 Å². The lowest BCUT2D eigenvalue weighted by Gasteiger charge is -2.33. The molecular weight excluding hydrogens is 240 g/mol. The maximum Gasteiger partial charge on any atom is 0.176 e. The third kappa shape index (κ3) is 3.47. The van der Waals surface area contributed by atoms with Gasteiger partial charge < -0.3 is 15.4 Å². The molecule has 1 aromatic rings. The van der Waals surface area contributed by atoms with Gasteiger partial charge in [-0.05, 0) is 32.0 Å². The van der Waals surface area contributed by atoms with Crippen LogP contribution in [0.5, 0.6) is 5.75 Å². The summed E-state index contributed by atoms with van der Waals surface area (Å²) >= 11 is 0. The lowest BCUT2D eigenvalue weighted by molar-refractivity contribution is 0.0988. The van der Waals surface area contributed by atoms with Gasteiger partial charge in [-0.2, -0.15) is 0 Å². The zero-order chi connectivity index (χ0) is 14.0. The summed E-state index contributed by atoms with van der Waals surface area (Å²) in [5.41, 5.74) is 1.40. The van der Waals surface area contributed by atoms with E-state index < -0.39 is 0 Å². The van der Waals surface area contributed by atoms with Crippen LogP contribution >= 0.6 is 0 Å². The first-order valence-electron chi connectivity index (χ1n) is 6.71. The van der Waals surface area contributed by atoms with Crippen LogP contribution in [0.2, 0.25) is 0 Å². The summed E-state index contributed by atoms with van der Waals surface area (Å²) in [6, 6.07) is 5.87. The quantitative estimate of drug-likeness (QED) is 0.818.